The second-order valence-corrected chi connectivity index (χ2v) is 4.74. The molecule has 0 aliphatic carbocycles. The standard InChI is InChI=1S/C14H15F3N2O2/c1-9(2)19-12(6-7-18-19)10-4-3-5-13(11(10)8-20)21-14(15,16)17/h3-7,9,20H,8H2,1-2H3. The van der Waals surface area contributed by atoms with Gasteiger partial charge >= 0.3 is 6.36 Å². The van der Waals surface area contributed by atoms with E-state index in [1.54, 1.807) is 23.0 Å². The fraction of sp³-hybridized carbons (Fsp3) is 0.357. The smallest absolute Gasteiger partial charge is 0.405 e. The molecule has 0 saturated heterocycles. The summed E-state index contributed by atoms with van der Waals surface area (Å²) < 4.78 is 42.9. The maximum Gasteiger partial charge on any atom is 0.573 e. The fourth-order valence-electron chi connectivity index (χ4n) is 2.13. The van der Waals surface area contributed by atoms with Crippen LogP contribution in [0.4, 0.5) is 13.2 Å². The van der Waals surface area contributed by atoms with Crippen molar-refractivity contribution < 1.29 is 23.0 Å². The third-order valence-electron chi connectivity index (χ3n) is 2.95. The molecule has 0 bridgehead atoms. The number of hydrogen-bond donors (Lipinski definition) is 1. The van der Waals surface area contributed by atoms with Crippen molar-refractivity contribution in [1.29, 1.82) is 0 Å². The van der Waals surface area contributed by atoms with Gasteiger partial charge in [0.05, 0.1) is 12.3 Å². The first-order valence-electron chi connectivity index (χ1n) is 6.36. The molecular formula is C14H15F3N2O2. The number of aliphatic hydroxyl groups is 1. The molecule has 2 aromatic rings. The molecule has 0 aliphatic heterocycles. The van der Waals surface area contributed by atoms with E-state index in [0.29, 0.717) is 11.3 Å². The van der Waals surface area contributed by atoms with E-state index in [9.17, 15) is 18.3 Å². The zero-order valence-electron chi connectivity index (χ0n) is 11.6. The summed E-state index contributed by atoms with van der Waals surface area (Å²) in [7, 11) is 0. The quantitative estimate of drug-likeness (QED) is 0.939. The van der Waals surface area contributed by atoms with Gasteiger partial charge in [0.15, 0.2) is 0 Å². The first-order valence-corrected chi connectivity index (χ1v) is 6.36. The highest BCUT2D eigenvalue weighted by Gasteiger charge is 2.32. The van der Waals surface area contributed by atoms with Crippen LogP contribution in [0.1, 0.15) is 25.5 Å². The molecule has 0 unspecified atom stereocenters. The van der Waals surface area contributed by atoms with E-state index in [-0.39, 0.29) is 11.6 Å². The Morgan fingerprint density at radius 2 is 2.00 bits per heavy atom. The summed E-state index contributed by atoms with van der Waals surface area (Å²) in [5.41, 5.74) is 1.17. The van der Waals surface area contributed by atoms with Crippen LogP contribution in [-0.4, -0.2) is 21.2 Å². The van der Waals surface area contributed by atoms with E-state index in [0.717, 1.165) is 0 Å². The highest BCUT2D eigenvalue weighted by atomic mass is 19.4. The van der Waals surface area contributed by atoms with Gasteiger partial charge in [0.25, 0.3) is 0 Å². The minimum Gasteiger partial charge on any atom is -0.405 e. The fourth-order valence-corrected chi connectivity index (χ4v) is 2.13. The van der Waals surface area contributed by atoms with Gasteiger partial charge in [-0.05, 0) is 26.0 Å². The van der Waals surface area contributed by atoms with Crippen LogP contribution < -0.4 is 4.74 Å². The average Bonchev–Trinajstić information content (AvgIpc) is 2.85. The Morgan fingerprint density at radius 3 is 2.57 bits per heavy atom. The van der Waals surface area contributed by atoms with E-state index in [2.05, 4.69) is 9.84 Å². The number of ether oxygens (including phenoxy) is 1. The van der Waals surface area contributed by atoms with Gasteiger partial charge in [-0.1, -0.05) is 12.1 Å². The van der Waals surface area contributed by atoms with Crippen molar-refractivity contribution >= 4 is 0 Å². The van der Waals surface area contributed by atoms with Crippen LogP contribution in [-0.2, 0) is 6.61 Å². The van der Waals surface area contributed by atoms with Crippen molar-refractivity contribution in [3.05, 3.63) is 36.0 Å². The molecule has 0 fully saturated rings. The summed E-state index contributed by atoms with van der Waals surface area (Å²) in [5, 5.41) is 13.6. The summed E-state index contributed by atoms with van der Waals surface area (Å²) in [6.45, 7) is 3.25. The van der Waals surface area contributed by atoms with Gasteiger partial charge in [0, 0.05) is 23.4 Å². The third-order valence-corrected chi connectivity index (χ3v) is 2.95. The molecule has 2 rings (SSSR count). The molecule has 21 heavy (non-hydrogen) atoms. The van der Waals surface area contributed by atoms with Gasteiger partial charge in [0.2, 0.25) is 0 Å². The van der Waals surface area contributed by atoms with Gasteiger partial charge in [-0.25, -0.2) is 0 Å². The normalized spacial score (nSPS) is 12.0. The van der Waals surface area contributed by atoms with Gasteiger partial charge < -0.3 is 9.84 Å². The van der Waals surface area contributed by atoms with Gasteiger partial charge in [-0.15, -0.1) is 13.2 Å². The maximum absolute atomic E-state index is 12.4. The number of rotatable bonds is 4. The lowest BCUT2D eigenvalue weighted by atomic mass is 10.0. The predicted molar refractivity (Wildman–Crippen MR) is 70.7 cm³/mol. The topological polar surface area (TPSA) is 47.3 Å². The van der Waals surface area contributed by atoms with Crippen molar-refractivity contribution in [2.24, 2.45) is 0 Å². The van der Waals surface area contributed by atoms with Crippen LogP contribution in [0.15, 0.2) is 30.5 Å². The van der Waals surface area contributed by atoms with Crippen molar-refractivity contribution in [2.75, 3.05) is 0 Å². The van der Waals surface area contributed by atoms with E-state index in [1.807, 2.05) is 13.8 Å². The average molecular weight is 300 g/mol. The molecule has 1 aromatic carbocycles. The van der Waals surface area contributed by atoms with E-state index < -0.39 is 18.7 Å². The lowest BCUT2D eigenvalue weighted by Crippen LogP contribution is -2.18. The number of aromatic nitrogens is 2. The molecule has 0 amide bonds. The number of hydrogen-bond acceptors (Lipinski definition) is 3. The molecule has 0 spiro atoms. The molecule has 0 atom stereocenters. The highest BCUT2D eigenvalue weighted by molar-refractivity contribution is 5.67. The molecule has 1 heterocycles. The van der Waals surface area contributed by atoms with Crippen LogP contribution in [0.5, 0.6) is 5.75 Å². The Balaban J connectivity index is 2.54. The summed E-state index contributed by atoms with van der Waals surface area (Å²) in [5.74, 6) is -0.404. The Morgan fingerprint density at radius 1 is 1.29 bits per heavy atom. The molecule has 4 nitrogen and oxygen atoms in total. The molecule has 0 aliphatic rings. The van der Waals surface area contributed by atoms with Crippen molar-refractivity contribution in [2.45, 2.75) is 32.9 Å². The SMILES string of the molecule is CC(C)n1nccc1-c1cccc(OC(F)(F)F)c1CO. The van der Waals surface area contributed by atoms with Crippen LogP contribution in [0.2, 0.25) is 0 Å². The number of nitrogens with zero attached hydrogens (tertiary/aromatic N) is 2. The number of aliphatic hydroxyl groups excluding tert-OH is 1. The largest absolute Gasteiger partial charge is 0.573 e. The Hall–Kier alpha value is -2.02. The van der Waals surface area contributed by atoms with Crippen LogP contribution in [0.3, 0.4) is 0 Å². The summed E-state index contributed by atoms with van der Waals surface area (Å²) >= 11 is 0. The second-order valence-electron chi connectivity index (χ2n) is 4.74. The first-order chi connectivity index (χ1) is 9.83. The summed E-state index contributed by atoms with van der Waals surface area (Å²) in [6.07, 6.45) is -3.24. The van der Waals surface area contributed by atoms with Crippen molar-refractivity contribution in [3.8, 4) is 17.0 Å². The minimum atomic E-state index is -4.80. The minimum absolute atomic E-state index is 0.0359. The molecule has 1 aromatic heterocycles. The maximum atomic E-state index is 12.4. The zero-order valence-corrected chi connectivity index (χ0v) is 11.6. The van der Waals surface area contributed by atoms with E-state index in [1.165, 1.54) is 12.1 Å². The highest BCUT2D eigenvalue weighted by Crippen LogP contribution is 2.34. The number of benzene rings is 1. The van der Waals surface area contributed by atoms with Crippen LogP contribution in [0.25, 0.3) is 11.3 Å². The van der Waals surface area contributed by atoms with Crippen molar-refractivity contribution in [1.82, 2.24) is 9.78 Å². The predicted octanol–water partition coefficient (Wildman–Crippen LogP) is 3.52. The first kappa shape index (κ1) is 15.4. The van der Waals surface area contributed by atoms with Gasteiger partial charge in [-0.2, -0.15) is 5.10 Å². The second kappa shape index (κ2) is 5.77. The Labute approximate surface area is 119 Å². The zero-order chi connectivity index (χ0) is 15.6. The third kappa shape index (κ3) is 3.36. The van der Waals surface area contributed by atoms with Crippen molar-refractivity contribution in [3.63, 3.8) is 0 Å². The molecule has 7 heteroatoms. The Kier molecular flexibility index (Phi) is 4.22. The summed E-state index contributed by atoms with van der Waals surface area (Å²) in [6, 6.07) is 5.98. The van der Waals surface area contributed by atoms with Crippen LogP contribution >= 0.6 is 0 Å². The molecule has 114 valence electrons. The molecule has 1 N–H and O–H groups in total. The molecule has 0 radical (unpaired) electrons. The number of halogens is 3. The monoisotopic (exact) mass is 300 g/mol. The lowest BCUT2D eigenvalue weighted by Gasteiger charge is -2.17. The summed E-state index contributed by atoms with van der Waals surface area (Å²) in [4.78, 5) is 0. The van der Waals surface area contributed by atoms with Gasteiger partial charge in [0.1, 0.15) is 5.75 Å². The van der Waals surface area contributed by atoms with Gasteiger partial charge in [-0.3, -0.25) is 4.68 Å². The van der Waals surface area contributed by atoms with E-state index >= 15 is 0 Å². The van der Waals surface area contributed by atoms with Crippen LogP contribution in [0, 0.1) is 0 Å². The van der Waals surface area contributed by atoms with E-state index in [4.69, 9.17) is 0 Å². The number of alkyl halides is 3. The molecule has 0 saturated carbocycles. The molecular weight excluding hydrogens is 285 g/mol. The lowest BCUT2D eigenvalue weighted by molar-refractivity contribution is -0.275. The Bertz CT molecular complexity index is 621.